The average molecular weight is 364 g/mol. The van der Waals surface area contributed by atoms with E-state index in [1.54, 1.807) is 6.08 Å². The van der Waals surface area contributed by atoms with Crippen LogP contribution in [0.1, 0.15) is 77.6 Å². The Balaban J connectivity index is 3.53. The summed E-state index contributed by atoms with van der Waals surface area (Å²) < 4.78 is 37.2. The molecule has 0 rings (SSSR count). The molecular formula is C16H28O7S. The highest BCUT2D eigenvalue weighted by atomic mass is 32.3. The highest BCUT2D eigenvalue weighted by Gasteiger charge is 2.14. The molecule has 0 saturated heterocycles. The number of carbonyl (C=O) groups is 2. The van der Waals surface area contributed by atoms with Gasteiger partial charge in [-0.2, -0.15) is 8.42 Å². The zero-order valence-electron chi connectivity index (χ0n) is 14.2. The van der Waals surface area contributed by atoms with Crippen molar-refractivity contribution in [2.45, 2.75) is 77.6 Å². The Morgan fingerprint density at radius 2 is 1.46 bits per heavy atom. The SMILES string of the molecule is CCCCCCCCCCC=COC(=O)CCC(=O)OS(=O)(=O)O. The molecule has 0 aliphatic heterocycles. The summed E-state index contributed by atoms with van der Waals surface area (Å²) in [7, 11) is -4.83. The summed E-state index contributed by atoms with van der Waals surface area (Å²) in [5.41, 5.74) is 0. The van der Waals surface area contributed by atoms with E-state index in [0.29, 0.717) is 0 Å². The van der Waals surface area contributed by atoms with Crippen LogP contribution in [0.5, 0.6) is 0 Å². The molecular weight excluding hydrogens is 336 g/mol. The van der Waals surface area contributed by atoms with E-state index < -0.39 is 28.8 Å². The summed E-state index contributed by atoms with van der Waals surface area (Å²) in [5, 5.41) is 0. The van der Waals surface area contributed by atoms with Crippen molar-refractivity contribution in [1.82, 2.24) is 0 Å². The predicted molar refractivity (Wildman–Crippen MR) is 89.3 cm³/mol. The maximum absolute atomic E-state index is 11.3. The summed E-state index contributed by atoms with van der Waals surface area (Å²) in [5.74, 6) is -1.88. The number of carbonyl (C=O) groups excluding carboxylic acids is 2. The lowest BCUT2D eigenvalue weighted by atomic mass is 10.1. The maximum Gasteiger partial charge on any atom is 0.448 e. The number of hydrogen-bond donors (Lipinski definition) is 1. The second-order valence-corrected chi connectivity index (χ2v) is 6.53. The van der Waals surface area contributed by atoms with Crippen molar-refractivity contribution in [2.75, 3.05) is 0 Å². The fourth-order valence-corrected chi connectivity index (χ4v) is 2.33. The Labute approximate surface area is 144 Å². The van der Waals surface area contributed by atoms with Gasteiger partial charge in [0.25, 0.3) is 0 Å². The molecule has 24 heavy (non-hydrogen) atoms. The lowest BCUT2D eigenvalue weighted by molar-refractivity contribution is -0.142. The molecule has 0 radical (unpaired) electrons. The van der Waals surface area contributed by atoms with Crippen LogP contribution in [-0.4, -0.2) is 24.9 Å². The van der Waals surface area contributed by atoms with Crippen molar-refractivity contribution < 1.29 is 31.5 Å². The van der Waals surface area contributed by atoms with Gasteiger partial charge in [-0.25, -0.2) is 0 Å². The first-order chi connectivity index (χ1) is 11.3. The molecule has 0 heterocycles. The van der Waals surface area contributed by atoms with E-state index in [1.807, 2.05) is 0 Å². The summed E-state index contributed by atoms with van der Waals surface area (Å²) in [6.45, 7) is 2.20. The number of unbranched alkanes of at least 4 members (excludes halogenated alkanes) is 8. The average Bonchev–Trinajstić information content (AvgIpc) is 2.49. The molecule has 0 aliphatic carbocycles. The van der Waals surface area contributed by atoms with Crippen LogP contribution in [0, 0.1) is 0 Å². The standard InChI is InChI=1S/C16H28O7S/c1-2-3-4-5-6-7-8-9-10-11-14-22-15(17)12-13-16(18)23-24(19,20)21/h11,14H,2-10,12-13H2,1H3,(H,19,20,21). The van der Waals surface area contributed by atoms with Crippen LogP contribution in [0.4, 0.5) is 0 Å². The maximum atomic E-state index is 11.3. The van der Waals surface area contributed by atoms with E-state index in [9.17, 15) is 18.0 Å². The molecule has 0 aromatic carbocycles. The Morgan fingerprint density at radius 1 is 0.917 bits per heavy atom. The molecule has 0 aliphatic rings. The van der Waals surface area contributed by atoms with Gasteiger partial charge in [-0.15, -0.1) is 0 Å². The Hall–Kier alpha value is -1.41. The second-order valence-electron chi connectivity index (χ2n) is 5.51. The van der Waals surface area contributed by atoms with Crippen molar-refractivity contribution >= 4 is 22.3 Å². The predicted octanol–water partition coefficient (Wildman–Crippen LogP) is 3.70. The number of hydrogen-bond acceptors (Lipinski definition) is 6. The molecule has 0 atom stereocenters. The van der Waals surface area contributed by atoms with Gasteiger partial charge in [-0.05, 0) is 18.9 Å². The van der Waals surface area contributed by atoms with Gasteiger partial charge in [-0.3, -0.25) is 14.1 Å². The summed E-state index contributed by atoms with van der Waals surface area (Å²) in [6, 6.07) is 0. The zero-order valence-corrected chi connectivity index (χ0v) is 15.1. The van der Waals surface area contributed by atoms with Gasteiger partial charge >= 0.3 is 22.3 Å². The Kier molecular flexibility index (Phi) is 13.2. The van der Waals surface area contributed by atoms with Gasteiger partial charge < -0.3 is 8.92 Å². The molecule has 0 fully saturated rings. The lowest BCUT2D eigenvalue weighted by Gasteiger charge is -2.01. The first kappa shape index (κ1) is 22.6. The van der Waals surface area contributed by atoms with Crippen LogP contribution in [-0.2, 0) is 28.9 Å². The molecule has 0 aromatic rings. The van der Waals surface area contributed by atoms with Gasteiger partial charge in [0.2, 0.25) is 0 Å². The minimum absolute atomic E-state index is 0.323. The van der Waals surface area contributed by atoms with Crippen molar-refractivity contribution in [1.29, 1.82) is 0 Å². The summed E-state index contributed by atoms with van der Waals surface area (Å²) >= 11 is 0. The summed E-state index contributed by atoms with van der Waals surface area (Å²) in [6.07, 6.45) is 12.8. The van der Waals surface area contributed by atoms with Crippen LogP contribution in [0.2, 0.25) is 0 Å². The van der Waals surface area contributed by atoms with Crippen molar-refractivity contribution in [3.8, 4) is 0 Å². The Morgan fingerprint density at radius 3 is 2.04 bits per heavy atom. The van der Waals surface area contributed by atoms with Crippen molar-refractivity contribution in [3.63, 3.8) is 0 Å². The second kappa shape index (κ2) is 14.0. The first-order valence-corrected chi connectivity index (χ1v) is 9.76. The number of ether oxygens (including phenoxy) is 1. The number of esters is 1. The molecule has 0 aromatic heterocycles. The van der Waals surface area contributed by atoms with E-state index in [-0.39, 0.29) is 6.42 Å². The van der Waals surface area contributed by atoms with Crippen LogP contribution in [0.3, 0.4) is 0 Å². The van der Waals surface area contributed by atoms with Gasteiger partial charge in [0.15, 0.2) is 0 Å². The quantitative estimate of drug-likeness (QED) is 0.217. The molecule has 0 bridgehead atoms. The smallest absolute Gasteiger partial charge is 0.435 e. The third kappa shape index (κ3) is 17.0. The van der Waals surface area contributed by atoms with Crippen LogP contribution in [0.15, 0.2) is 12.3 Å². The highest BCUT2D eigenvalue weighted by Crippen LogP contribution is 2.09. The van der Waals surface area contributed by atoms with E-state index >= 15 is 0 Å². The fraction of sp³-hybridized carbons (Fsp3) is 0.750. The van der Waals surface area contributed by atoms with E-state index in [1.165, 1.54) is 44.8 Å². The molecule has 0 spiro atoms. The monoisotopic (exact) mass is 364 g/mol. The molecule has 0 unspecified atom stereocenters. The van der Waals surface area contributed by atoms with Crippen LogP contribution >= 0.6 is 0 Å². The van der Waals surface area contributed by atoms with E-state index in [0.717, 1.165) is 19.3 Å². The first-order valence-electron chi connectivity index (χ1n) is 8.39. The molecule has 7 nitrogen and oxygen atoms in total. The minimum Gasteiger partial charge on any atom is -0.435 e. The van der Waals surface area contributed by atoms with E-state index in [2.05, 4.69) is 11.1 Å². The third-order valence-corrected chi connectivity index (χ3v) is 3.65. The Bertz CT molecular complexity index is 483. The topological polar surface area (TPSA) is 107 Å². The number of allylic oxidation sites excluding steroid dienone is 1. The molecule has 1 N–H and O–H groups in total. The van der Waals surface area contributed by atoms with E-state index in [4.69, 9.17) is 9.29 Å². The van der Waals surface area contributed by atoms with Gasteiger partial charge in [0, 0.05) is 0 Å². The van der Waals surface area contributed by atoms with Crippen molar-refractivity contribution in [2.24, 2.45) is 0 Å². The molecule has 0 saturated carbocycles. The third-order valence-electron chi connectivity index (χ3n) is 3.25. The highest BCUT2D eigenvalue weighted by molar-refractivity contribution is 7.81. The molecule has 8 heteroatoms. The van der Waals surface area contributed by atoms with Crippen LogP contribution in [0.25, 0.3) is 0 Å². The van der Waals surface area contributed by atoms with Gasteiger partial charge in [-0.1, -0.05) is 51.9 Å². The van der Waals surface area contributed by atoms with Gasteiger partial charge in [0.05, 0.1) is 19.1 Å². The molecule has 140 valence electrons. The largest absolute Gasteiger partial charge is 0.448 e. The normalized spacial score (nSPS) is 11.6. The van der Waals surface area contributed by atoms with Crippen molar-refractivity contribution in [3.05, 3.63) is 12.3 Å². The zero-order chi connectivity index (χ0) is 18.3. The minimum atomic E-state index is -4.83. The van der Waals surface area contributed by atoms with Crippen LogP contribution < -0.4 is 0 Å². The van der Waals surface area contributed by atoms with Gasteiger partial charge in [0.1, 0.15) is 0 Å². The molecule has 0 amide bonds. The summed E-state index contributed by atoms with van der Waals surface area (Å²) in [4.78, 5) is 22.2. The number of rotatable bonds is 14. The fourth-order valence-electron chi connectivity index (χ4n) is 2.01. The lowest BCUT2D eigenvalue weighted by Crippen LogP contribution is -2.13.